The molecule has 1 unspecified atom stereocenters. The van der Waals surface area contributed by atoms with E-state index in [4.69, 9.17) is 21.1 Å². The number of aromatic nitrogens is 2. The number of β-amino-alcohol motifs (C(OH)–C–C–N with tert-alkyl or cyclic N) is 1. The van der Waals surface area contributed by atoms with Gasteiger partial charge < -0.3 is 19.5 Å². The number of anilines is 1. The summed E-state index contributed by atoms with van der Waals surface area (Å²) in [5, 5.41) is 12.7. The van der Waals surface area contributed by atoms with E-state index in [1.807, 2.05) is 12.1 Å². The Balaban J connectivity index is 1.39. The number of benzene rings is 3. The van der Waals surface area contributed by atoms with E-state index in [-0.39, 0.29) is 54.7 Å². The lowest BCUT2D eigenvalue weighted by Gasteiger charge is -2.31. The predicted octanol–water partition coefficient (Wildman–Crippen LogP) is 5.92. The monoisotopic (exact) mass is 612 g/mol. The highest BCUT2D eigenvalue weighted by molar-refractivity contribution is 6.36. The molecule has 1 aromatic heterocycles. The second-order valence-corrected chi connectivity index (χ2v) is 12.7. The fourth-order valence-corrected chi connectivity index (χ4v) is 7.33. The maximum atomic E-state index is 16.7. The van der Waals surface area contributed by atoms with Crippen molar-refractivity contribution in [2.75, 3.05) is 50.9 Å². The van der Waals surface area contributed by atoms with Crippen LogP contribution in [0.15, 0.2) is 42.5 Å². The molecule has 43 heavy (non-hydrogen) atoms. The Kier molecular flexibility index (Phi) is 7.16. The summed E-state index contributed by atoms with van der Waals surface area (Å²) in [6.07, 6.45) is 1.14. The van der Waals surface area contributed by atoms with Gasteiger partial charge in [-0.3, -0.25) is 4.90 Å². The summed E-state index contributed by atoms with van der Waals surface area (Å²) in [5.74, 6) is -1.45. The highest BCUT2D eigenvalue weighted by Crippen LogP contribution is 2.42. The van der Waals surface area contributed by atoms with E-state index in [1.165, 1.54) is 6.07 Å². The molecule has 226 valence electrons. The van der Waals surface area contributed by atoms with Gasteiger partial charge in [0.25, 0.3) is 0 Å². The lowest BCUT2D eigenvalue weighted by Crippen LogP contribution is -2.44. The summed E-state index contributed by atoms with van der Waals surface area (Å²) in [6.45, 7) is 3.77. The minimum absolute atomic E-state index is 0.0942. The van der Waals surface area contributed by atoms with Crippen LogP contribution in [-0.4, -0.2) is 83.3 Å². The fraction of sp³-hybridized carbons (Fsp3) is 0.438. The summed E-state index contributed by atoms with van der Waals surface area (Å²) in [7, 11) is 0. The van der Waals surface area contributed by atoms with Gasteiger partial charge in [0.15, 0.2) is 5.82 Å². The van der Waals surface area contributed by atoms with Crippen molar-refractivity contribution in [2.24, 2.45) is 0 Å². The van der Waals surface area contributed by atoms with Crippen LogP contribution in [-0.2, 0) is 4.74 Å². The molecule has 0 amide bonds. The minimum atomic E-state index is -1.23. The molecule has 7 nitrogen and oxygen atoms in total. The average Bonchev–Trinajstić information content (AvgIpc) is 3.42. The van der Waals surface area contributed by atoms with E-state index < -0.39 is 28.9 Å². The van der Waals surface area contributed by atoms with Crippen molar-refractivity contribution in [1.82, 2.24) is 14.9 Å². The van der Waals surface area contributed by atoms with Crippen molar-refractivity contribution in [3.8, 4) is 17.1 Å². The van der Waals surface area contributed by atoms with E-state index in [0.717, 1.165) is 24.8 Å². The van der Waals surface area contributed by atoms with Crippen LogP contribution in [0.25, 0.3) is 32.8 Å². The largest absolute Gasteiger partial charge is 0.461 e. The lowest BCUT2D eigenvalue weighted by atomic mass is 9.95. The highest BCUT2D eigenvalue weighted by atomic mass is 35.5. The molecule has 3 atom stereocenters. The number of halogens is 4. The zero-order valence-corrected chi connectivity index (χ0v) is 24.5. The number of aliphatic hydroxyl groups is 1. The van der Waals surface area contributed by atoms with E-state index in [1.54, 1.807) is 36.1 Å². The van der Waals surface area contributed by atoms with E-state index >= 15 is 8.78 Å². The Bertz CT molecular complexity index is 1720. The maximum Gasteiger partial charge on any atom is 0.319 e. The Morgan fingerprint density at radius 1 is 1.16 bits per heavy atom. The maximum absolute atomic E-state index is 16.7. The number of hydrogen-bond acceptors (Lipinski definition) is 7. The van der Waals surface area contributed by atoms with Crippen molar-refractivity contribution in [2.45, 2.75) is 43.5 Å². The van der Waals surface area contributed by atoms with Gasteiger partial charge in [0.05, 0.1) is 30.9 Å². The average molecular weight is 613 g/mol. The van der Waals surface area contributed by atoms with Crippen LogP contribution in [0.4, 0.5) is 19.0 Å². The standard InChI is InChI=1S/C32H32ClF3N4O3/c1-31(41)16-39(11-12-42-17-31)29-22-13-24(35)26(21-7-2-5-19-6-3-8-23(33)25(19)21)27(36)28(22)37-30(38-29)43-18-32-9-4-10-40(32)15-20(34)14-32/h2-3,5-8,13,20,41H,4,9-12,14-18H2,1H3/t20-,31?,32+/m1/s1. The van der Waals surface area contributed by atoms with Gasteiger partial charge >= 0.3 is 6.01 Å². The molecule has 11 heteroatoms. The van der Waals surface area contributed by atoms with Crippen molar-refractivity contribution >= 4 is 39.1 Å². The van der Waals surface area contributed by atoms with Crippen molar-refractivity contribution in [3.63, 3.8) is 0 Å². The highest BCUT2D eigenvalue weighted by Gasteiger charge is 2.49. The molecule has 3 saturated heterocycles. The van der Waals surface area contributed by atoms with Gasteiger partial charge in [-0.05, 0) is 49.4 Å². The zero-order chi connectivity index (χ0) is 29.9. The second kappa shape index (κ2) is 10.8. The molecule has 7 rings (SSSR count). The van der Waals surface area contributed by atoms with Crippen molar-refractivity contribution in [1.29, 1.82) is 0 Å². The Morgan fingerprint density at radius 3 is 2.81 bits per heavy atom. The van der Waals surface area contributed by atoms with Gasteiger partial charge in [0.2, 0.25) is 0 Å². The first-order chi connectivity index (χ1) is 20.6. The molecule has 0 aliphatic carbocycles. The molecule has 4 heterocycles. The van der Waals surface area contributed by atoms with Crippen LogP contribution in [0.5, 0.6) is 6.01 Å². The first-order valence-corrected chi connectivity index (χ1v) is 15.0. The summed E-state index contributed by atoms with van der Waals surface area (Å²) in [5.41, 5.74) is -1.78. The predicted molar refractivity (Wildman–Crippen MR) is 160 cm³/mol. The molecule has 3 fully saturated rings. The quantitative estimate of drug-likeness (QED) is 0.300. The summed E-state index contributed by atoms with van der Waals surface area (Å²) in [6, 6.07) is 11.6. The first-order valence-electron chi connectivity index (χ1n) is 14.6. The SMILES string of the molecule is CC1(O)COCCN(c2nc(OC[C@@]34CCCN3C[C@H](F)C4)nc3c(F)c(-c4cccc5cccc(Cl)c45)c(F)cc23)C1. The normalized spacial score (nSPS) is 26.3. The van der Waals surface area contributed by atoms with E-state index in [2.05, 4.69) is 14.9 Å². The number of fused-ring (bicyclic) bond motifs is 3. The Morgan fingerprint density at radius 2 is 1.98 bits per heavy atom. The number of hydrogen-bond donors (Lipinski definition) is 1. The molecule has 4 aromatic rings. The van der Waals surface area contributed by atoms with E-state index in [9.17, 15) is 9.50 Å². The molecule has 3 aliphatic rings. The summed E-state index contributed by atoms with van der Waals surface area (Å²) in [4.78, 5) is 13.0. The van der Waals surface area contributed by atoms with E-state index in [0.29, 0.717) is 35.5 Å². The third-order valence-electron chi connectivity index (χ3n) is 8.95. The van der Waals surface area contributed by atoms with Crippen LogP contribution < -0.4 is 9.64 Å². The molecule has 0 spiro atoms. The minimum Gasteiger partial charge on any atom is -0.461 e. The molecular weight excluding hydrogens is 581 g/mol. The molecule has 3 aliphatic heterocycles. The fourth-order valence-electron chi connectivity index (χ4n) is 7.05. The van der Waals surface area contributed by atoms with Gasteiger partial charge in [-0.15, -0.1) is 0 Å². The molecular formula is C32H32ClF3N4O3. The molecule has 0 bridgehead atoms. The summed E-state index contributed by atoms with van der Waals surface area (Å²) < 4.78 is 58.8. The molecule has 3 aromatic carbocycles. The van der Waals surface area contributed by atoms with Crippen LogP contribution in [0, 0.1) is 11.6 Å². The topological polar surface area (TPSA) is 71.0 Å². The van der Waals surface area contributed by atoms with Crippen LogP contribution in [0.3, 0.4) is 0 Å². The van der Waals surface area contributed by atoms with Gasteiger partial charge in [0.1, 0.15) is 35.5 Å². The van der Waals surface area contributed by atoms with Gasteiger partial charge in [0, 0.05) is 35.3 Å². The smallest absolute Gasteiger partial charge is 0.319 e. The first kappa shape index (κ1) is 28.6. The number of rotatable bonds is 5. The number of alkyl halides is 1. The molecule has 1 N–H and O–H groups in total. The molecule has 0 radical (unpaired) electrons. The van der Waals surface area contributed by atoms with Crippen LogP contribution >= 0.6 is 11.6 Å². The zero-order valence-electron chi connectivity index (χ0n) is 23.8. The Labute approximate surface area is 252 Å². The van der Waals surface area contributed by atoms with Gasteiger partial charge in [-0.2, -0.15) is 9.97 Å². The lowest BCUT2D eigenvalue weighted by molar-refractivity contribution is -0.0123. The van der Waals surface area contributed by atoms with Crippen molar-refractivity contribution < 1.29 is 27.8 Å². The van der Waals surface area contributed by atoms with Gasteiger partial charge in [-0.25, -0.2) is 13.2 Å². The van der Waals surface area contributed by atoms with Crippen LogP contribution in [0.1, 0.15) is 26.2 Å². The number of ether oxygens (including phenoxy) is 2. The third-order valence-corrected chi connectivity index (χ3v) is 9.26. The van der Waals surface area contributed by atoms with Crippen molar-refractivity contribution in [3.05, 3.63) is 59.1 Å². The second-order valence-electron chi connectivity index (χ2n) is 12.3. The molecule has 0 saturated carbocycles. The third kappa shape index (κ3) is 5.08. The van der Waals surface area contributed by atoms with Gasteiger partial charge in [-0.1, -0.05) is 41.9 Å². The number of nitrogens with zero attached hydrogens (tertiary/aromatic N) is 4. The van der Waals surface area contributed by atoms with Crippen LogP contribution in [0.2, 0.25) is 5.02 Å². The summed E-state index contributed by atoms with van der Waals surface area (Å²) >= 11 is 6.52. The Hall–Kier alpha value is -3.18.